The first-order valence-electron chi connectivity index (χ1n) is 12.8. The summed E-state index contributed by atoms with van der Waals surface area (Å²) in [6.07, 6.45) is 1.55. The second-order valence-corrected chi connectivity index (χ2v) is 10.9. The van der Waals surface area contributed by atoms with Crippen LogP contribution < -0.4 is 10.2 Å². The van der Waals surface area contributed by atoms with E-state index in [-0.39, 0.29) is 11.8 Å². The Hall–Kier alpha value is -4.11. The molecule has 3 aromatic heterocycles. The molecule has 38 heavy (non-hydrogen) atoms. The number of anilines is 2. The monoisotopic (exact) mass is 523 g/mol. The van der Waals surface area contributed by atoms with Gasteiger partial charge in [0, 0.05) is 36.0 Å². The fourth-order valence-electron chi connectivity index (χ4n) is 4.93. The summed E-state index contributed by atoms with van der Waals surface area (Å²) in [5, 5.41) is 17.4. The van der Waals surface area contributed by atoms with Crippen LogP contribution in [0.3, 0.4) is 0 Å². The molecule has 5 aromatic rings. The molecule has 2 aromatic carbocycles. The lowest BCUT2D eigenvalue weighted by molar-refractivity contribution is -0.120. The van der Waals surface area contributed by atoms with Crippen LogP contribution in [0.5, 0.6) is 0 Å². The molecule has 6 rings (SSSR count). The fourth-order valence-corrected chi connectivity index (χ4v) is 6.00. The van der Waals surface area contributed by atoms with Gasteiger partial charge in [-0.05, 0) is 93.8 Å². The van der Waals surface area contributed by atoms with Crippen LogP contribution in [-0.4, -0.2) is 44.0 Å². The number of rotatable bonds is 5. The summed E-state index contributed by atoms with van der Waals surface area (Å²) in [5.41, 5.74) is 6.09. The number of piperidine rings is 1. The second kappa shape index (κ2) is 9.98. The average Bonchev–Trinajstić information content (AvgIpc) is 3.51. The fraction of sp³-hybridized carbons (Fsp3) is 0.276. The summed E-state index contributed by atoms with van der Waals surface area (Å²) < 4.78 is 2.99. The van der Waals surface area contributed by atoms with Crippen LogP contribution in [0.1, 0.15) is 29.8 Å². The predicted octanol–water partition coefficient (Wildman–Crippen LogP) is 5.72. The van der Waals surface area contributed by atoms with Gasteiger partial charge in [0.25, 0.3) is 0 Å². The number of hydrogen-bond donors (Lipinski definition) is 1. The Labute approximate surface area is 225 Å². The van der Waals surface area contributed by atoms with Gasteiger partial charge in [0.2, 0.25) is 5.91 Å². The van der Waals surface area contributed by atoms with Gasteiger partial charge < -0.3 is 10.2 Å². The zero-order valence-electron chi connectivity index (χ0n) is 21.7. The van der Waals surface area contributed by atoms with Gasteiger partial charge in [-0.1, -0.05) is 6.07 Å². The summed E-state index contributed by atoms with van der Waals surface area (Å²) in [4.78, 5) is 19.9. The van der Waals surface area contributed by atoms with Crippen molar-refractivity contribution >= 4 is 39.0 Å². The van der Waals surface area contributed by atoms with Crippen molar-refractivity contribution in [2.75, 3.05) is 23.3 Å². The van der Waals surface area contributed by atoms with Crippen molar-refractivity contribution in [1.82, 2.24) is 25.0 Å². The number of thiazole rings is 1. The van der Waals surface area contributed by atoms with Gasteiger partial charge >= 0.3 is 0 Å². The number of benzene rings is 2. The first-order chi connectivity index (χ1) is 18.4. The Morgan fingerprint density at radius 3 is 2.34 bits per heavy atom. The van der Waals surface area contributed by atoms with Crippen LogP contribution in [0, 0.1) is 26.7 Å². The molecule has 0 unspecified atom stereocenters. The van der Waals surface area contributed by atoms with Crippen molar-refractivity contribution in [2.24, 2.45) is 5.92 Å². The van der Waals surface area contributed by atoms with Crippen molar-refractivity contribution < 1.29 is 4.79 Å². The minimum absolute atomic E-state index is 0.0274. The molecule has 1 aliphatic heterocycles. The number of carbonyl (C=O) groups is 1. The van der Waals surface area contributed by atoms with Gasteiger partial charge in [-0.2, -0.15) is 5.10 Å². The van der Waals surface area contributed by atoms with Gasteiger partial charge in [0.15, 0.2) is 11.6 Å². The molecule has 1 amide bonds. The van der Waals surface area contributed by atoms with Crippen molar-refractivity contribution in [2.45, 2.75) is 33.6 Å². The molecule has 9 heteroatoms. The molecule has 0 saturated carbocycles. The van der Waals surface area contributed by atoms with E-state index < -0.39 is 0 Å². The van der Waals surface area contributed by atoms with E-state index in [0.29, 0.717) is 5.82 Å². The smallest absolute Gasteiger partial charge is 0.227 e. The first-order valence-corrected chi connectivity index (χ1v) is 13.7. The Bertz CT molecular complexity index is 1600. The van der Waals surface area contributed by atoms with E-state index in [9.17, 15) is 4.79 Å². The molecule has 0 aliphatic carbocycles. The zero-order valence-corrected chi connectivity index (χ0v) is 22.5. The predicted molar refractivity (Wildman–Crippen MR) is 152 cm³/mol. The van der Waals surface area contributed by atoms with Gasteiger partial charge in [-0.25, -0.2) is 9.67 Å². The van der Waals surface area contributed by atoms with Gasteiger partial charge in [0.1, 0.15) is 5.01 Å². The quantitative estimate of drug-likeness (QED) is 0.317. The summed E-state index contributed by atoms with van der Waals surface area (Å²) in [5.74, 6) is 1.58. The Kier molecular flexibility index (Phi) is 6.37. The summed E-state index contributed by atoms with van der Waals surface area (Å²) >= 11 is 1.69. The minimum atomic E-state index is -0.0274. The molecule has 192 valence electrons. The van der Waals surface area contributed by atoms with Crippen LogP contribution in [0.4, 0.5) is 11.5 Å². The van der Waals surface area contributed by atoms with E-state index in [0.717, 1.165) is 64.9 Å². The van der Waals surface area contributed by atoms with E-state index >= 15 is 0 Å². The average molecular weight is 524 g/mol. The summed E-state index contributed by atoms with van der Waals surface area (Å²) in [6, 6.07) is 20.2. The molecule has 0 bridgehead atoms. The molecule has 1 N–H and O–H groups in total. The summed E-state index contributed by atoms with van der Waals surface area (Å²) in [6.45, 7) is 7.59. The Morgan fingerprint density at radius 2 is 1.66 bits per heavy atom. The van der Waals surface area contributed by atoms with E-state index in [2.05, 4.69) is 50.6 Å². The normalized spacial score (nSPS) is 14.2. The second-order valence-electron chi connectivity index (χ2n) is 9.91. The molecule has 1 aliphatic rings. The lowest BCUT2D eigenvalue weighted by Crippen LogP contribution is -2.38. The molecular formula is C29H29N7OS. The van der Waals surface area contributed by atoms with Crippen LogP contribution in [0.15, 0.2) is 60.7 Å². The third-order valence-corrected chi connectivity index (χ3v) is 8.06. The highest BCUT2D eigenvalue weighted by Crippen LogP contribution is 2.31. The highest BCUT2D eigenvalue weighted by molar-refractivity contribution is 7.21. The van der Waals surface area contributed by atoms with Crippen molar-refractivity contribution in [3.05, 3.63) is 77.6 Å². The number of nitrogens with zero attached hydrogens (tertiary/aromatic N) is 6. The van der Waals surface area contributed by atoms with Crippen molar-refractivity contribution in [3.8, 4) is 16.4 Å². The number of aromatic nitrogens is 5. The van der Waals surface area contributed by atoms with Crippen LogP contribution in [0.2, 0.25) is 0 Å². The molecule has 0 radical (unpaired) electrons. The SMILES string of the molecule is Cc1ccc2nc(-c3ccc(NC(=O)C4CCN(c5ccc(-n6nc(C)cc6C)nn5)CC4)cc3)sc2c1. The van der Waals surface area contributed by atoms with E-state index in [1.165, 1.54) is 10.3 Å². The Balaban J connectivity index is 1.05. The van der Waals surface area contributed by atoms with Gasteiger partial charge in [-0.15, -0.1) is 21.5 Å². The van der Waals surface area contributed by atoms with E-state index in [1.54, 1.807) is 16.0 Å². The minimum Gasteiger partial charge on any atom is -0.355 e. The maximum Gasteiger partial charge on any atom is 0.227 e. The van der Waals surface area contributed by atoms with Crippen molar-refractivity contribution in [1.29, 1.82) is 0 Å². The topological polar surface area (TPSA) is 88.8 Å². The number of nitrogens with one attached hydrogen (secondary N) is 1. The molecule has 0 atom stereocenters. The highest BCUT2D eigenvalue weighted by Gasteiger charge is 2.26. The third kappa shape index (κ3) is 4.89. The number of aryl methyl sites for hydroxylation is 3. The Morgan fingerprint density at radius 1 is 0.921 bits per heavy atom. The number of hydrogen-bond acceptors (Lipinski definition) is 7. The first kappa shape index (κ1) is 24.2. The van der Waals surface area contributed by atoms with E-state index in [1.807, 2.05) is 56.3 Å². The van der Waals surface area contributed by atoms with Gasteiger partial charge in [-0.3, -0.25) is 4.79 Å². The van der Waals surface area contributed by atoms with Crippen LogP contribution in [-0.2, 0) is 4.79 Å². The third-order valence-electron chi connectivity index (χ3n) is 7.00. The van der Waals surface area contributed by atoms with Crippen molar-refractivity contribution in [3.63, 3.8) is 0 Å². The van der Waals surface area contributed by atoms with E-state index in [4.69, 9.17) is 4.98 Å². The maximum absolute atomic E-state index is 13.0. The molecule has 8 nitrogen and oxygen atoms in total. The number of amides is 1. The lowest BCUT2D eigenvalue weighted by atomic mass is 9.95. The molecular weight excluding hydrogens is 494 g/mol. The highest BCUT2D eigenvalue weighted by atomic mass is 32.1. The van der Waals surface area contributed by atoms with Crippen LogP contribution >= 0.6 is 11.3 Å². The standard InChI is InChI=1S/C29H29N7OS/c1-18-4-9-24-25(16-18)38-29(31-24)22-5-7-23(8-6-22)30-28(37)21-12-14-35(15-13-21)26-10-11-27(33-32-26)36-20(3)17-19(2)34-36/h4-11,16-17,21H,12-15H2,1-3H3,(H,30,37). The molecule has 1 fully saturated rings. The largest absolute Gasteiger partial charge is 0.355 e. The molecule has 0 spiro atoms. The zero-order chi connectivity index (χ0) is 26.2. The number of carbonyl (C=O) groups excluding carboxylic acids is 1. The molecule has 1 saturated heterocycles. The lowest BCUT2D eigenvalue weighted by Gasteiger charge is -2.31. The number of fused-ring (bicyclic) bond motifs is 1. The molecule has 4 heterocycles. The maximum atomic E-state index is 13.0. The van der Waals surface area contributed by atoms with Crippen LogP contribution in [0.25, 0.3) is 26.6 Å². The van der Waals surface area contributed by atoms with Gasteiger partial charge in [0.05, 0.1) is 15.9 Å². The summed E-state index contributed by atoms with van der Waals surface area (Å²) in [7, 11) is 0.